The van der Waals surface area contributed by atoms with Gasteiger partial charge in [0.1, 0.15) is 12.4 Å². The number of hydrogen-bond acceptors (Lipinski definition) is 4. The van der Waals surface area contributed by atoms with E-state index in [1.54, 1.807) is 44.4 Å². The molecule has 0 saturated heterocycles. The lowest BCUT2D eigenvalue weighted by Crippen LogP contribution is -2.21. The second kappa shape index (κ2) is 9.36. The Morgan fingerprint density at radius 3 is 2.56 bits per heavy atom. The van der Waals surface area contributed by atoms with E-state index in [4.69, 9.17) is 9.47 Å². The molecule has 1 aliphatic heterocycles. The van der Waals surface area contributed by atoms with Gasteiger partial charge in [0.2, 0.25) is 0 Å². The molecule has 0 aliphatic carbocycles. The molecule has 0 saturated carbocycles. The van der Waals surface area contributed by atoms with Crippen LogP contribution in [0.15, 0.2) is 81.9 Å². The van der Waals surface area contributed by atoms with Crippen molar-refractivity contribution < 1.29 is 18.7 Å². The van der Waals surface area contributed by atoms with E-state index in [9.17, 15) is 9.18 Å². The zero-order valence-corrected chi connectivity index (χ0v) is 19.1. The van der Waals surface area contributed by atoms with E-state index in [1.807, 2.05) is 30.3 Å². The molecule has 4 rings (SSSR count). The number of halogens is 2. The highest BCUT2D eigenvalue weighted by Crippen LogP contribution is 2.31. The van der Waals surface area contributed by atoms with Gasteiger partial charge in [-0.05, 0) is 66.6 Å². The summed E-state index contributed by atoms with van der Waals surface area (Å²) in [5.74, 6) is 0.587. The molecule has 7 heteroatoms. The van der Waals surface area contributed by atoms with Gasteiger partial charge in [0, 0.05) is 4.47 Å². The number of carbonyl (C=O) groups excluding carboxylic acids is 1. The van der Waals surface area contributed by atoms with Crippen molar-refractivity contribution in [2.45, 2.75) is 13.5 Å². The van der Waals surface area contributed by atoms with E-state index in [0.29, 0.717) is 28.5 Å². The molecule has 3 aromatic rings. The molecule has 3 aromatic carbocycles. The average Bonchev–Trinajstić information content (AvgIpc) is 3.07. The highest BCUT2D eigenvalue weighted by atomic mass is 79.9. The summed E-state index contributed by atoms with van der Waals surface area (Å²) in [6.45, 7) is 2.06. The van der Waals surface area contributed by atoms with Crippen LogP contribution in [0.3, 0.4) is 0 Å². The average molecular weight is 495 g/mol. The van der Waals surface area contributed by atoms with Gasteiger partial charge >= 0.3 is 0 Å². The molecule has 0 unspecified atom stereocenters. The summed E-state index contributed by atoms with van der Waals surface area (Å²) in [4.78, 5) is 13.0. The Kier molecular flexibility index (Phi) is 6.37. The van der Waals surface area contributed by atoms with Crippen molar-refractivity contribution in [3.63, 3.8) is 0 Å². The molecule has 0 aromatic heterocycles. The highest BCUT2D eigenvalue weighted by Gasteiger charge is 2.28. The van der Waals surface area contributed by atoms with Crippen molar-refractivity contribution in [2.24, 2.45) is 5.10 Å². The molecule has 162 valence electrons. The Morgan fingerprint density at radius 2 is 1.84 bits per heavy atom. The van der Waals surface area contributed by atoms with Crippen molar-refractivity contribution in [3.8, 4) is 11.5 Å². The first-order valence-corrected chi connectivity index (χ1v) is 10.7. The fourth-order valence-electron chi connectivity index (χ4n) is 3.27. The van der Waals surface area contributed by atoms with Gasteiger partial charge in [-0.25, -0.2) is 4.39 Å². The van der Waals surface area contributed by atoms with E-state index in [2.05, 4.69) is 21.0 Å². The van der Waals surface area contributed by atoms with Crippen LogP contribution in [0.4, 0.5) is 10.1 Å². The van der Waals surface area contributed by atoms with Gasteiger partial charge in [0.15, 0.2) is 11.5 Å². The molecule has 1 heterocycles. The SMILES string of the molecule is COc1ccc(/C=C2\C(=O)N(c3cccc(Br)c3)N=C2C)cc1OCc1ccc(F)cc1. The van der Waals surface area contributed by atoms with Gasteiger partial charge in [-0.3, -0.25) is 4.79 Å². The predicted molar refractivity (Wildman–Crippen MR) is 126 cm³/mol. The maximum atomic E-state index is 13.1. The number of amides is 1. The number of ether oxygens (including phenoxy) is 2. The molecule has 0 radical (unpaired) electrons. The number of nitrogens with zero attached hydrogens (tertiary/aromatic N) is 2. The number of methoxy groups -OCH3 is 1. The standard InChI is InChI=1S/C25H20BrFN2O3/c1-16-22(25(30)29(28-16)21-5-3-4-19(26)14-21)12-18-8-11-23(31-2)24(13-18)32-15-17-6-9-20(27)10-7-17/h3-14H,15H2,1-2H3/b22-12-. The van der Waals surface area contributed by atoms with Crippen molar-refractivity contribution in [1.29, 1.82) is 0 Å². The summed E-state index contributed by atoms with van der Waals surface area (Å²) in [5.41, 5.74) is 3.41. The first-order valence-electron chi connectivity index (χ1n) is 9.87. The number of hydrogen-bond donors (Lipinski definition) is 0. The topological polar surface area (TPSA) is 51.1 Å². The van der Waals surface area contributed by atoms with E-state index in [-0.39, 0.29) is 18.3 Å². The van der Waals surface area contributed by atoms with Gasteiger partial charge in [-0.15, -0.1) is 0 Å². The van der Waals surface area contributed by atoms with E-state index in [1.165, 1.54) is 17.1 Å². The predicted octanol–water partition coefficient (Wildman–Crippen LogP) is 5.98. The zero-order valence-electron chi connectivity index (χ0n) is 17.5. The Bertz CT molecular complexity index is 1220. The number of benzene rings is 3. The molecular weight excluding hydrogens is 475 g/mol. The van der Waals surface area contributed by atoms with E-state index < -0.39 is 0 Å². The van der Waals surface area contributed by atoms with Crippen LogP contribution < -0.4 is 14.5 Å². The summed E-state index contributed by atoms with van der Waals surface area (Å²) < 4.78 is 25.3. The molecule has 0 N–H and O–H groups in total. The largest absolute Gasteiger partial charge is 0.493 e. The Hall–Kier alpha value is -3.45. The number of hydrazone groups is 1. The molecule has 1 aliphatic rings. The minimum absolute atomic E-state index is 0.204. The molecule has 0 atom stereocenters. The van der Waals surface area contributed by atoms with Gasteiger partial charge in [-0.2, -0.15) is 10.1 Å². The Balaban J connectivity index is 1.58. The Labute approximate surface area is 193 Å². The minimum atomic E-state index is -0.296. The molecular formula is C25H20BrFN2O3. The van der Waals surface area contributed by atoms with Crippen molar-refractivity contribution in [1.82, 2.24) is 0 Å². The third kappa shape index (κ3) is 4.73. The van der Waals surface area contributed by atoms with Crippen LogP contribution >= 0.6 is 15.9 Å². The lowest BCUT2D eigenvalue weighted by molar-refractivity contribution is -0.114. The summed E-state index contributed by atoms with van der Waals surface area (Å²) in [6, 6.07) is 19.0. The monoisotopic (exact) mass is 494 g/mol. The van der Waals surface area contributed by atoms with Crippen molar-refractivity contribution in [2.75, 3.05) is 12.1 Å². The summed E-state index contributed by atoms with van der Waals surface area (Å²) in [5, 5.41) is 5.81. The molecule has 1 amide bonds. The van der Waals surface area contributed by atoms with Crippen LogP contribution in [0.25, 0.3) is 6.08 Å². The smallest absolute Gasteiger partial charge is 0.280 e. The first-order chi connectivity index (χ1) is 15.4. The molecule has 32 heavy (non-hydrogen) atoms. The van der Waals surface area contributed by atoms with Crippen LogP contribution in [0.2, 0.25) is 0 Å². The first kappa shape index (κ1) is 21.8. The summed E-state index contributed by atoms with van der Waals surface area (Å²) >= 11 is 3.42. The fourth-order valence-corrected chi connectivity index (χ4v) is 3.66. The number of rotatable bonds is 6. The summed E-state index contributed by atoms with van der Waals surface area (Å²) in [6.07, 6.45) is 1.78. The van der Waals surface area contributed by atoms with Crippen LogP contribution in [0.5, 0.6) is 11.5 Å². The van der Waals surface area contributed by atoms with Gasteiger partial charge < -0.3 is 9.47 Å². The van der Waals surface area contributed by atoms with E-state index >= 15 is 0 Å². The fraction of sp³-hybridized carbons (Fsp3) is 0.120. The Morgan fingerprint density at radius 1 is 1.06 bits per heavy atom. The highest BCUT2D eigenvalue weighted by molar-refractivity contribution is 9.10. The van der Waals surface area contributed by atoms with E-state index in [0.717, 1.165) is 15.6 Å². The molecule has 0 fully saturated rings. The van der Waals surface area contributed by atoms with Gasteiger partial charge in [-0.1, -0.05) is 40.2 Å². The van der Waals surface area contributed by atoms with Crippen LogP contribution in [-0.2, 0) is 11.4 Å². The lowest BCUT2D eigenvalue weighted by Gasteiger charge is -2.13. The van der Waals surface area contributed by atoms with Gasteiger partial charge in [0.25, 0.3) is 5.91 Å². The molecule has 0 spiro atoms. The second-order valence-electron chi connectivity index (χ2n) is 7.17. The van der Waals surface area contributed by atoms with Gasteiger partial charge in [0.05, 0.1) is 24.1 Å². The van der Waals surface area contributed by atoms with Crippen LogP contribution in [-0.4, -0.2) is 18.7 Å². The minimum Gasteiger partial charge on any atom is -0.493 e. The quantitative estimate of drug-likeness (QED) is 0.396. The normalized spacial score (nSPS) is 14.6. The second-order valence-corrected chi connectivity index (χ2v) is 8.08. The maximum Gasteiger partial charge on any atom is 0.280 e. The van der Waals surface area contributed by atoms with Crippen molar-refractivity contribution >= 4 is 39.3 Å². The number of anilines is 1. The van der Waals surface area contributed by atoms with Crippen molar-refractivity contribution in [3.05, 3.63) is 93.7 Å². The van der Waals surface area contributed by atoms with Crippen LogP contribution in [0.1, 0.15) is 18.1 Å². The third-order valence-corrected chi connectivity index (χ3v) is 5.41. The third-order valence-electron chi connectivity index (χ3n) is 4.92. The molecule has 5 nitrogen and oxygen atoms in total. The number of carbonyl (C=O) groups is 1. The lowest BCUT2D eigenvalue weighted by atomic mass is 10.1. The maximum absolute atomic E-state index is 13.1. The van der Waals surface area contributed by atoms with Crippen LogP contribution in [0, 0.1) is 5.82 Å². The molecule has 0 bridgehead atoms. The zero-order chi connectivity index (χ0) is 22.7. The summed E-state index contributed by atoms with van der Waals surface area (Å²) in [7, 11) is 1.56.